The molecule has 8 heteroatoms. The summed E-state index contributed by atoms with van der Waals surface area (Å²) >= 11 is 0. The van der Waals surface area contributed by atoms with Crippen LogP contribution in [-0.2, 0) is 9.53 Å². The molecule has 0 spiro atoms. The summed E-state index contributed by atoms with van der Waals surface area (Å²) in [4.78, 5) is 27.0. The van der Waals surface area contributed by atoms with Crippen molar-refractivity contribution in [1.82, 2.24) is 10.2 Å². The van der Waals surface area contributed by atoms with Gasteiger partial charge >= 0.3 is 0 Å². The third-order valence-electron chi connectivity index (χ3n) is 4.91. The predicted octanol–water partition coefficient (Wildman–Crippen LogP) is 1.72. The Balaban J connectivity index is 1.99. The summed E-state index contributed by atoms with van der Waals surface area (Å²) in [6, 6.07) is 3.28. The number of piperidine rings is 1. The minimum absolute atomic E-state index is 0.0481. The third-order valence-corrected chi connectivity index (χ3v) is 4.91. The smallest absolute Gasteiger partial charge is 0.257 e. The number of hydrogen-bond acceptors (Lipinski definition) is 6. The van der Waals surface area contributed by atoms with Crippen LogP contribution in [0.15, 0.2) is 12.1 Å². The van der Waals surface area contributed by atoms with E-state index in [0.717, 1.165) is 6.42 Å². The minimum atomic E-state index is -0.142. The molecule has 0 radical (unpaired) electrons. The van der Waals surface area contributed by atoms with E-state index in [1.165, 1.54) is 21.3 Å². The topological polar surface area (TPSA) is 86.3 Å². The molecule has 2 rings (SSSR count). The lowest BCUT2D eigenvalue weighted by molar-refractivity contribution is -0.126. The number of nitrogens with one attached hydrogen (secondary N) is 1. The fraction of sp³-hybridized carbons (Fsp3) is 0.600. The normalized spacial score (nSPS) is 14.5. The molecule has 1 aromatic rings. The van der Waals surface area contributed by atoms with E-state index in [0.29, 0.717) is 61.9 Å². The number of rotatable bonds is 9. The van der Waals surface area contributed by atoms with E-state index in [9.17, 15) is 9.59 Å². The number of benzene rings is 1. The van der Waals surface area contributed by atoms with Crippen LogP contribution in [0.5, 0.6) is 17.2 Å². The summed E-state index contributed by atoms with van der Waals surface area (Å²) in [6.45, 7) is 2.27. The zero-order valence-electron chi connectivity index (χ0n) is 17.1. The van der Waals surface area contributed by atoms with Gasteiger partial charge in [-0.3, -0.25) is 9.59 Å². The van der Waals surface area contributed by atoms with E-state index >= 15 is 0 Å². The van der Waals surface area contributed by atoms with E-state index in [1.54, 1.807) is 24.1 Å². The second-order valence-corrected chi connectivity index (χ2v) is 6.61. The first-order chi connectivity index (χ1) is 13.5. The van der Waals surface area contributed by atoms with Gasteiger partial charge in [-0.25, -0.2) is 0 Å². The Bertz CT molecular complexity index is 671. The molecule has 1 heterocycles. The Hall–Kier alpha value is -2.48. The highest BCUT2D eigenvalue weighted by Crippen LogP contribution is 2.35. The molecule has 1 aromatic carbocycles. The molecule has 0 bridgehead atoms. The molecule has 1 aliphatic heterocycles. The molecule has 0 unspecified atom stereocenters. The zero-order valence-corrected chi connectivity index (χ0v) is 17.1. The van der Waals surface area contributed by atoms with Crippen molar-refractivity contribution in [3.8, 4) is 17.2 Å². The van der Waals surface area contributed by atoms with E-state index in [1.807, 2.05) is 0 Å². The minimum Gasteiger partial charge on any atom is -0.496 e. The molecule has 0 aromatic heterocycles. The van der Waals surface area contributed by atoms with Gasteiger partial charge in [0.1, 0.15) is 5.75 Å². The number of amides is 2. The Morgan fingerprint density at radius 2 is 1.61 bits per heavy atom. The average molecular weight is 394 g/mol. The average Bonchev–Trinajstić information content (AvgIpc) is 2.75. The van der Waals surface area contributed by atoms with Crippen LogP contribution in [0.2, 0.25) is 0 Å². The van der Waals surface area contributed by atoms with Gasteiger partial charge < -0.3 is 29.2 Å². The first-order valence-corrected chi connectivity index (χ1v) is 9.41. The summed E-state index contributed by atoms with van der Waals surface area (Å²) in [5, 5.41) is 2.94. The molecule has 156 valence electrons. The van der Waals surface area contributed by atoms with Gasteiger partial charge in [0.2, 0.25) is 5.91 Å². The van der Waals surface area contributed by atoms with Crippen molar-refractivity contribution in [1.29, 1.82) is 0 Å². The molecule has 1 aliphatic rings. The monoisotopic (exact) mass is 394 g/mol. The number of nitrogens with zero attached hydrogens (tertiary/aromatic N) is 1. The number of carbonyl (C=O) groups excluding carboxylic acids is 2. The number of carbonyl (C=O) groups is 2. The predicted molar refractivity (Wildman–Crippen MR) is 104 cm³/mol. The highest BCUT2D eigenvalue weighted by Gasteiger charge is 2.29. The van der Waals surface area contributed by atoms with Crippen molar-refractivity contribution in [2.75, 3.05) is 54.7 Å². The fourth-order valence-electron chi connectivity index (χ4n) is 3.28. The molecule has 1 fully saturated rings. The molecule has 1 N–H and O–H groups in total. The molecule has 1 saturated heterocycles. The van der Waals surface area contributed by atoms with Crippen LogP contribution in [0, 0.1) is 5.92 Å². The first-order valence-electron chi connectivity index (χ1n) is 9.41. The summed E-state index contributed by atoms with van der Waals surface area (Å²) in [5.41, 5.74) is 0.419. The van der Waals surface area contributed by atoms with Gasteiger partial charge in [0, 0.05) is 51.4 Å². The molecule has 8 nitrogen and oxygen atoms in total. The zero-order chi connectivity index (χ0) is 20.5. The van der Waals surface area contributed by atoms with E-state index in [-0.39, 0.29) is 17.7 Å². The van der Waals surface area contributed by atoms with Crippen molar-refractivity contribution in [3.63, 3.8) is 0 Å². The van der Waals surface area contributed by atoms with Crippen LogP contribution in [0.25, 0.3) is 0 Å². The van der Waals surface area contributed by atoms with Gasteiger partial charge in [0.25, 0.3) is 5.91 Å². The van der Waals surface area contributed by atoms with Gasteiger partial charge in [-0.05, 0) is 19.3 Å². The summed E-state index contributed by atoms with van der Waals surface area (Å²) < 4.78 is 20.9. The maximum Gasteiger partial charge on any atom is 0.257 e. The number of ether oxygens (including phenoxy) is 4. The third kappa shape index (κ3) is 5.28. The SMILES string of the molecule is COCCCNC(=O)C1CCN(C(=O)c2cc(OC)c(OC)cc2OC)CC1. The Morgan fingerprint density at radius 3 is 2.18 bits per heavy atom. The standard InChI is InChI=1S/C20H30N2O6/c1-25-11-5-8-21-19(23)14-6-9-22(10-7-14)20(24)15-12-17(27-3)18(28-4)13-16(15)26-2/h12-14H,5-11H2,1-4H3,(H,21,23). The highest BCUT2D eigenvalue weighted by molar-refractivity contribution is 5.98. The second-order valence-electron chi connectivity index (χ2n) is 6.61. The van der Waals surface area contributed by atoms with Crippen LogP contribution < -0.4 is 19.5 Å². The van der Waals surface area contributed by atoms with Crippen LogP contribution >= 0.6 is 0 Å². The number of methoxy groups -OCH3 is 4. The molecule has 0 saturated carbocycles. The van der Waals surface area contributed by atoms with Crippen LogP contribution in [0.1, 0.15) is 29.6 Å². The van der Waals surface area contributed by atoms with Crippen molar-refractivity contribution >= 4 is 11.8 Å². The first kappa shape index (κ1) is 21.8. The molecule has 0 atom stereocenters. The summed E-state index contributed by atoms with van der Waals surface area (Å²) in [5.74, 6) is 1.24. The molecular weight excluding hydrogens is 364 g/mol. The lowest BCUT2D eigenvalue weighted by Crippen LogP contribution is -2.43. The van der Waals surface area contributed by atoms with E-state index < -0.39 is 0 Å². The van der Waals surface area contributed by atoms with Crippen LogP contribution in [-0.4, -0.2) is 71.4 Å². The summed E-state index contributed by atoms with van der Waals surface area (Å²) in [6.07, 6.45) is 2.06. The van der Waals surface area contributed by atoms with Gasteiger partial charge in [-0.1, -0.05) is 0 Å². The van der Waals surface area contributed by atoms with Crippen LogP contribution in [0.4, 0.5) is 0 Å². The quantitative estimate of drug-likeness (QED) is 0.642. The largest absolute Gasteiger partial charge is 0.496 e. The van der Waals surface area contributed by atoms with Crippen molar-refractivity contribution in [2.45, 2.75) is 19.3 Å². The lowest BCUT2D eigenvalue weighted by Gasteiger charge is -2.31. The molecular formula is C20H30N2O6. The lowest BCUT2D eigenvalue weighted by atomic mass is 9.95. The molecule has 28 heavy (non-hydrogen) atoms. The number of likely N-dealkylation sites (tertiary alicyclic amines) is 1. The number of hydrogen-bond donors (Lipinski definition) is 1. The highest BCUT2D eigenvalue weighted by atomic mass is 16.5. The second kappa shape index (κ2) is 10.8. The van der Waals surface area contributed by atoms with Gasteiger partial charge in [0.05, 0.1) is 26.9 Å². The summed E-state index contributed by atoms with van der Waals surface area (Å²) in [7, 11) is 6.21. The van der Waals surface area contributed by atoms with Crippen molar-refractivity contribution in [3.05, 3.63) is 17.7 Å². The van der Waals surface area contributed by atoms with E-state index in [2.05, 4.69) is 5.32 Å². The van der Waals surface area contributed by atoms with Gasteiger partial charge in [-0.2, -0.15) is 0 Å². The van der Waals surface area contributed by atoms with Crippen molar-refractivity contribution < 1.29 is 28.5 Å². The van der Waals surface area contributed by atoms with Crippen LogP contribution in [0.3, 0.4) is 0 Å². The molecule has 2 amide bonds. The van der Waals surface area contributed by atoms with Gasteiger partial charge in [-0.15, -0.1) is 0 Å². The maximum atomic E-state index is 13.0. The van der Waals surface area contributed by atoms with Crippen molar-refractivity contribution in [2.24, 2.45) is 5.92 Å². The van der Waals surface area contributed by atoms with Gasteiger partial charge in [0.15, 0.2) is 11.5 Å². The Morgan fingerprint density at radius 1 is 1.00 bits per heavy atom. The maximum absolute atomic E-state index is 13.0. The fourth-order valence-corrected chi connectivity index (χ4v) is 3.28. The molecule has 0 aliphatic carbocycles. The Kier molecular flexibility index (Phi) is 8.38. The Labute approximate surface area is 166 Å². The van der Waals surface area contributed by atoms with E-state index in [4.69, 9.17) is 18.9 Å².